The number of aromatic nitrogens is 2. The lowest BCUT2D eigenvalue weighted by Gasteiger charge is -2.08. The van der Waals surface area contributed by atoms with Crippen molar-refractivity contribution >= 4 is 39.8 Å². The number of rotatable bonds is 1. The summed E-state index contributed by atoms with van der Waals surface area (Å²) in [5, 5.41) is 2.99. The third-order valence-electron chi connectivity index (χ3n) is 3.79. The molecule has 4 nitrogen and oxygen atoms in total. The van der Waals surface area contributed by atoms with E-state index in [0.29, 0.717) is 11.4 Å². The van der Waals surface area contributed by atoms with Crippen LogP contribution in [0.3, 0.4) is 0 Å². The molecule has 0 radical (unpaired) electrons. The largest absolute Gasteiger partial charge is 0.399 e. The van der Waals surface area contributed by atoms with E-state index in [1.807, 2.05) is 60.7 Å². The van der Waals surface area contributed by atoms with E-state index in [-0.39, 0.29) is 18.1 Å². The monoisotopic (exact) mass is 323 g/mol. The number of nitrogens with one attached hydrogen (secondary N) is 1. The van der Waals surface area contributed by atoms with Crippen molar-refractivity contribution < 1.29 is 0 Å². The van der Waals surface area contributed by atoms with Gasteiger partial charge in [-0.1, -0.05) is 48.5 Å². The standard InChI is InChI=1S/C18H13N3O.ClH/c19-13-6-3-5-12(10-13)16-15-9-8-11-4-1-2-7-14(11)17(15)21-18(22)20-16;/h1-10H,19H2,(H,20,21,22);1H. The molecule has 0 saturated heterocycles. The zero-order valence-corrected chi connectivity index (χ0v) is 12.9. The molecule has 0 atom stereocenters. The van der Waals surface area contributed by atoms with Crippen molar-refractivity contribution in [2.45, 2.75) is 0 Å². The molecule has 23 heavy (non-hydrogen) atoms. The Balaban J connectivity index is 0.00000156. The van der Waals surface area contributed by atoms with Gasteiger partial charge >= 0.3 is 5.69 Å². The van der Waals surface area contributed by atoms with Gasteiger partial charge in [0.1, 0.15) is 0 Å². The molecule has 0 aliphatic rings. The van der Waals surface area contributed by atoms with Gasteiger partial charge in [0.05, 0.1) is 11.2 Å². The summed E-state index contributed by atoms with van der Waals surface area (Å²) < 4.78 is 0. The predicted octanol–water partition coefficient (Wildman–Crippen LogP) is 3.75. The number of benzene rings is 3. The molecule has 1 aromatic heterocycles. The Bertz CT molecular complexity index is 1070. The summed E-state index contributed by atoms with van der Waals surface area (Å²) in [6.07, 6.45) is 0. The number of nitrogen functional groups attached to an aromatic ring is 1. The number of H-pyrrole nitrogens is 1. The Labute approximate surface area is 138 Å². The van der Waals surface area contributed by atoms with E-state index in [2.05, 4.69) is 9.97 Å². The Kier molecular flexibility index (Phi) is 3.76. The number of hydrogen-bond acceptors (Lipinski definition) is 3. The van der Waals surface area contributed by atoms with Gasteiger partial charge in [-0.25, -0.2) is 4.79 Å². The van der Waals surface area contributed by atoms with Crippen molar-refractivity contribution in [1.29, 1.82) is 0 Å². The third kappa shape index (κ3) is 2.53. The van der Waals surface area contributed by atoms with Crippen molar-refractivity contribution in [3.05, 3.63) is 71.1 Å². The molecule has 1 heterocycles. The zero-order chi connectivity index (χ0) is 15.1. The highest BCUT2D eigenvalue weighted by Gasteiger charge is 2.10. The molecule has 0 amide bonds. The van der Waals surface area contributed by atoms with E-state index in [4.69, 9.17) is 5.73 Å². The molecule has 0 aliphatic heterocycles. The first-order valence-corrected chi connectivity index (χ1v) is 7.00. The fourth-order valence-electron chi connectivity index (χ4n) is 2.81. The fourth-order valence-corrected chi connectivity index (χ4v) is 2.81. The fraction of sp³-hybridized carbons (Fsp3) is 0. The van der Waals surface area contributed by atoms with E-state index < -0.39 is 0 Å². The summed E-state index contributed by atoms with van der Waals surface area (Å²) in [6, 6.07) is 19.4. The number of hydrogen-bond donors (Lipinski definition) is 2. The Morgan fingerprint density at radius 3 is 2.57 bits per heavy atom. The van der Waals surface area contributed by atoms with Gasteiger partial charge in [-0.2, -0.15) is 4.98 Å². The molecule has 0 fully saturated rings. The van der Waals surface area contributed by atoms with Crippen LogP contribution in [-0.4, -0.2) is 9.97 Å². The lowest BCUT2D eigenvalue weighted by Crippen LogP contribution is -2.11. The van der Waals surface area contributed by atoms with Crippen LogP contribution in [0.15, 0.2) is 65.5 Å². The summed E-state index contributed by atoms with van der Waals surface area (Å²) >= 11 is 0. The highest BCUT2D eigenvalue weighted by molar-refractivity contribution is 6.08. The second-order valence-electron chi connectivity index (χ2n) is 5.23. The summed E-state index contributed by atoms with van der Waals surface area (Å²) in [5.41, 5.74) is 8.43. The van der Waals surface area contributed by atoms with Gasteiger partial charge in [0.15, 0.2) is 0 Å². The number of anilines is 1. The first kappa shape index (κ1) is 15.1. The molecular weight excluding hydrogens is 310 g/mol. The van der Waals surface area contributed by atoms with Gasteiger partial charge in [-0.15, -0.1) is 12.4 Å². The summed E-state index contributed by atoms with van der Waals surface area (Å²) in [6.45, 7) is 0. The maximum atomic E-state index is 12.0. The van der Waals surface area contributed by atoms with Crippen LogP contribution in [0.5, 0.6) is 0 Å². The number of nitrogens with two attached hydrogens (primary N) is 1. The molecule has 3 N–H and O–H groups in total. The van der Waals surface area contributed by atoms with E-state index in [1.165, 1.54) is 0 Å². The lowest BCUT2D eigenvalue weighted by atomic mass is 10.0. The molecule has 0 spiro atoms. The van der Waals surface area contributed by atoms with Crippen LogP contribution in [0, 0.1) is 0 Å². The average molecular weight is 324 g/mol. The normalized spacial score (nSPS) is 10.6. The van der Waals surface area contributed by atoms with Gasteiger partial charge in [-0.3, -0.25) is 0 Å². The van der Waals surface area contributed by atoms with Crippen molar-refractivity contribution in [1.82, 2.24) is 9.97 Å². The van der Waals surface area contributed by atoms with E-state index in [0.717, 1.165) is 27.2 Å². The maximum Gasteiger partial charge on any atom is 0.345 e. The van der Waals surface area contributed by atoms with Gasteiger partial charge in [-0.05, 0) is 17.5 Å². The van der Waals surface area contributed by atoms with Gasteiger partial charge in [0.2, 0.25) is 0 Å². The SMILES string of the molecule is Cl.Nc1cccc(-c2nc(=O)[nH]c3c2ccc2ccccc23)c1. The van der Waals surface area contributed by atoms with Crippen LogP contribution >= 0.6 is 12.4 Å². The van der Waals surface area contributed by atoms with E-state index >= 15 is 0 Å². The maximum absolute atomic E-state index is 12.0. The first-order chi connectivity index (χ1) is 10.7. The minimum atomic E-state index is -0.360. The van der Waals surface area contributed by atoms with Crippen LogP contribution in [0.1, 0.15) is 0 Å². The molecule has 0 unspecified atom stereocenters. The second kappa shape index (κ2) is 5.74. The number of aromatic amines is 1. The summed E-state index contributed by atoms with van der Waals surface area (Å²) in [5.74, 6) is 0. The number of nitrogens with zero attached hydrogens (tertiary/aromatic N) is 1. The van der Waals surface area contributed by atoms with Crippen molar-refractivity contribution in [3.8, 4) is 11.3 Å². The molecule has 0 bridgehead atoms. The molecule has 4 rings (SSSR count). The summed E-state index contributed by atoms with van der Waals surface area (Å²) in [4.78, 5) is 19.0. The van der Waals surface area contributed by atoms with Crippen LogP contribution in [0.25, 0.3) is 32.9 Å². The Hall–Kier alpha value is -2.85. The minimum Gasteiger partial charge on any atom is -0.399 e. The van der Waals surface area contributed by atoms with Crippen molar-refractivity contribution in [3.63, 3.8) is 0 Å². The molecule has 0 saturated carbocycles. The average Bonchev–Trinajstić information content (AvgIpc) is 2.54. The highest BCUT2D eigenvalue weighted by atomic mass is 35.5. The van der Waals surface area contributed by atoms with Crippen LogP contribution in [0.2, 0.25) is 0 Å². The number of fused-ring (bicyclic) bond motifs is 3. The molecule has 114 valence electrons. The van der Waals surface area contributed by atoms with Crippen molar-refractivity contribution in [2.75, 3.05) is 5.73 Å². The lowest BCUT2D eigenvalue weighted by molar-refractivity contribution is 1.13. The Morgan fingerprint density at radius 2 is 1.74 bits per heavy atom. The van der Waals surface area contributed by atoms with E-state index in [1.54, 1.807) is 0 Å². The molecule has 4 aromatic rings. The van der Waals surface area contributed by atoms with Crippen molar-refractivity contribution in [2.24, 2.45) is 0 Å². The molecule has 3 aromatic carbocycles. The topological polar surface area (TPSA) is 71.8 Å². The predicted molar refractivity (Wildman–Crippen MR) is 97.0 cm³/mol. The molecular formula is C18H14ClN3O. The van der Waals surface area contributed by atoms with Crippen LogP contribution < -0.4 is 11.4 Å². The summed E-state index contributed by atoms with van der Waals surface area (Å²) in [7, 11) is 0. The van der Waals surface area contributed by atoms with Gasteiger partial charge < -0.3 is 10.7 Å². The second-order valence-corrected chi connectivity index (χ2v) is 5.23. The Morgan fingerprint density at radius 1 is 0.913 bits per heavy atom. The minimum absolute atomic E-state index is 0. The molecule has 0 aliphatic carbocycles. The third-order valence-corrected chi connectivity index (χ3v) is 3.79. The molecule has 5 heteroatoms. The smallest absolute Gasteiger partial charge is 0.345 e. The first-order valence-electron chi connectivity index (χ1n) is 7.00. The van der Waals surface area contributed by atoms with Crippen LogP contribution in [0.4, 0.5) is 5.69 Å². The highest BCUT2D eigenvalue weighted by Crippen LogP contribution is 2.29. The quantitative estimate of drug-likeness (QED) is 0.414. The zero-order valence-electron chi connectivity index (χ0n) is 12.1. The van der Waals surface area contributed by atoms with Gasteiger partial charge in [0.25, 0.3) is 0 Å². The van der Waals surface area contributed by atoms with E-state index in [9.17, 15) is 4.79 Å². The van der Waals surface area contributed by atoms with Crippen LogP contribution in [-0.2, 0) is 0 Å². The number of halogens is 1. The van der Waals surface area contributed by atoms with Gasteiger partial charge in [0, 0.05) is 22.0 Å².